The van der Waals surface area contributed by atoms with E-state index in [-0.39, 0.29) is 24.4 Å². The van der Waals surface area contributed by atoms with Crippen LogP contribution < -0.4 is 10.6 Å². The normalized spacial score (nSPS) is 14.2. The van der Waals surface area contributed by atoms with Crippen LogP contribution in [0.15, 0.2) is 18.2 Å². The molecule has 6 heteroatoms. The summed E-state index contributed by atoms with van der Waals surface area (Å²) in [4.78, 5) is 26.8. The van der Waals surface area contributed by atoms with Crippen LogP contribution in [0, 0.1) is 12.7 Å². The fraction of sp³-hybridized carbons (Fsp3) is 0.333. The molecule has 0 spiro atoms. The third kappa shape index (κ3) is 2.89. The Balaban J connectivity index is 1.75. The van der Waals surface area contributed by atoms with E-state index in [2.05, 4.69) is 15.6 Å². The molecule has 3 rings (SSSR count). The van der Waals surface area contributed by atoms with Crippen molar-refractivity contribution in [1.82, 2.24) is 15.6 Å². The molecule has 110 valence electrons. The van der Waals surface area contributed by atoms with Gasteiger partial charge in [0.05, 0.1) is 12.1 Å². The maximum atomic E-state index is 13.3. The van der Waals surface area contributed by atoms with Gasteiger partial charge in [-0.3, -0.25) is 9.59 Å². The molecule has 5 nitrogen and oxygen atoms in total. The van der Waals surface area contributed by atoms with Crippen LogP contribution in [0.4, 0.5) is 4.39 Å². The Morgan fingerprint density at radius 2 is 2.14 bits per heavy atom. The minimum absolute atomic E-state index is 0.0727. The van der Waals surface area contributed by atoms with Crippen molar-refractivity contribution in [3.63, 3.8) is 0 Å². The summed E-state index contributed by atoms with van der Waals surface area (Å²) in [5, 5.41) is 5.89. The number of benzene rings is 1. The van der Waals surface area contributed by atoms with Crippen molar-refractivity contribution >= 4 is 22.7 Å². The number of amides is 2. The second-order valence-electron chi connectivity index (χ2n) is 5.34. The minimum atomic E-state index is -0.401. The van der Waals surface area contributed by atoms with Gasteiger partial charge < -0.3 is 15.6 Å². The number of carbonyl (C=O) groups is 2. The van der Waals surface area contributed by atoms with Crippen LogP contribution in [0.1, 0.15) is 28.9 Å². The lowest BCUT2D eigenvalue weighted by Crippen LogP contribution is -2.37. The molecule has 1 aromatic heterocycles. The second-order valence-corrected chi connectivity index (χ2v) is 5.34. The summed E-state index contributed by atoms with van der Waals surface area (Å²) in [7, 11) is 0. The van der Waals surface area contributed by atoms with Gasteiger partial charge in [-0.15, -0.1) is 0 Å². The molecule has 0 saturated heterocycles. The Hall–Kier alpha value is -2.37. The fourth-order valence-electron chi connectivity index (χ4n) is 2.35. The number of hydrogen-bond acceptors (Lipinski definition) is 2. The second kappa shape index (κ2) is 5.20. The van der Waals surface area contributed by atoms with Crippen LogP contribution in [0.3, 0.4) is 0 Å². The third-order valence-electron chi connectivity index (χ3n) is 3.53. The van der Waals surface area contributed by atoms with Crippen molar-refractivity contribution in [2.45, 2.75) is 25.8 Å². The topological polar surface area (TPSA) is 74.0 Å². The van der Waals surface area contributed by atoms with Gasteiger partial charge in [0.2, 0.25) is 5.91 Å². The van der Waals surface area contributed by atoms with Gasteiger partial charge >= 0.3 is 0 Å². The first kappa shape index (κ1) is 13.6. The van der Waals surface area contributed by atoms with Gasteiger partial charge in [-0.2, -0.15) is 0 Å². The number of hydrogen-bond donors (Lipinski definition) is 3. The van der Waals surface area contributed by atoms with E-state index in [4.69, 9.17) is 0 Å². The quantitative estimate of drug-likeness (QED) is 0.800. The first-order valence-electron chi connectivity index (χ1n) is 6.90. The van der Waals surface area contributed by atoms with E-state index in [1.165, 1.54) is 12.1 Å². The summed E-state index contributed by atoms with van der Waals surface area (Å²) in [6, 6.07) is 4.51. The van der Waals surface area contributed by atoms with E-state index in [1.54, 1.807) is 13.0 Å². The van der Waals surface area contributed by atoms with Crippen molar-refractivity contribution in [3.05, 3.63) is 35.3 Å². The highest BCUT2D eigenvalue weighted by Crippen LogP contribution is 2.23. The SMILES string of the molecule is Cc1[nH]c2ccc(F)cc2c1C(=O)NCC(=O)NC1CC1. The van der Waals surface area contributed by atoms with Crippen molar-refractivity contribution in [2.24, 2.45) is 0 Å². The average Bonchev–Trinajstić information content (AvgIpc) is 3.17. The first-order valence-corrected chi connectivity index (χ1v) is 6.90. The summed E-state index contributed by atoms with van der Waals surface area (Å²) in [6.45, 7) is 1.67. The van der Waals surface area contributed by atoms with Crippen molar-refractivity contribution in [3.8, 4) is 0 Å². The Morgan fingerprint density at radius 3 is 2.86 bits per heavy atom. The number of aromatic nitrogens is 1. The van der Waals surface area contributed by atoms with Crippen LogP contribution in [0.25, 0.3) is 10.9 Å². The zero-order valence-corrected chi connectivity index (χ0v) is 11.6. The van der Waals surface area contributed by atoms with E-state index >= 15 is 0 Å². The summed E-state index contributed by atoms with van der Waals surface area (Å²) >= 11 is 0. The summed E-state index contributed by atoms with van der Waals surface area (Å²) < 4.78 is 13.3. The molecule has 0 unspecified atom stereocenters. The zero-order chi connectivity index (χ0) is 15.0. The first-order chi connectivity index (χ1) is 10.0. The molecule has 21 heavy (non-hydrogen) atoms. The van der Waals surface area contributed by atoms with E-state index in [0.717, 1.165) is 12.8 Å². The van der Waals surface area contributed by atoms with Gasteiger partial charge in [-0.25, -0.2) is 4.39 Å². The third-order valence-corrected chi connectivity index (χ3v) is 3.53. The van der Waals surface area contributed by atoms with Gasteiger partial charge in [0.1, 0.15) is 5.82 Å². The minimum Gasteiger partial charge on any atom is -0.358 e. The number of aromatic amines is 1. The predicted octanol–water partition coefficient (Wildman–Crippen LogP) is 1.62. The smallest absolute Gasteiger partial charge is 0.254 e. The number of fused-ring (bicyclic) bond motifs is 1. The summed E-state index contributed by atoms with van der Waals surface area (Å²) in [6.07, 6.45) is 2.00. The molecule has 3 N–H and O–H groups in total. The maximum absolute atomic E-state index is 13.3. The van der Waals surface area contributed by atoms with Gasteiger partial charge in [-0.1, -0.05) is 0 Å². The van der Waals surface area contributed by atoms with E-state index < -0.39 is 5.82 Å². The van der Waals surface area contributed by atoms with Gasteiger partial charge in [0.25, 0.3) is 5.91 Å². The van der Waals surface area contributed by atoms with Crippen molar-refractivity contribution in [2.75, 3.05) is 6.54 Å². The van der Waals surface area contributed by atoms with Crippen LogP contribution in [0.5, 0.6) is 0 Å². The standard InChI is InChI=1S/C15H16FN3O2/c1-8-14(11-6-9(16)2-5-12(11)18-8)15(21)17-7-13(20)19-10-3-4-10/h2,5-6,10,18H,3-4,7H2,1H3,(H,17,21)(H,19,20). The highest BCUT2D eigenvalue weighted by atomic mass is 19.1. The number of carbonyl (C=O) groups excluding carboxylic acids is 2. The van der Waals surface area contributed by atoms with Crippen LogP contribution in [0.2, 0.25) is 0 Å². The van der Waals surface area contributed by atoms with E-state index in [0.29, 0.717) is 22.2 Å². The lowest BCUT2D eigenvalue weighted by molar-refractivity contribution is -0.120. The molecular weight excluding hydrogens is 273 g/mol. The summed E-state index contributed by atoms with van der Waals surface area (Å²) in [5.74, 6) is -0.980. The Morgan fingerprint density at radius 1 is 1.38 bits per heavy atom. The van der Waals surface area contributed by atoms with Gasteiger partial charge in [0, 0.05) is 22.6 Å². The molecule has 1 heterocycles. The largest absolute Gasteiger partial charge is 0.358 e. The lowest BCUT2D eigenvalue weighted by atomic mass is 10.1. The monoisotopic (exact) mass is 289 g/mol. The van der Waals surface area contributed by atoms with Crippen LogP contribution >= 0.6 is 0 Å². The number of rotatable bonds is 4. The molecule has 2 aromatic rings. The molecule has 1 aliphatic rings. The molecule has 0 bridgehead atoms. The molecule has 0 atom stereocenters. The summed E-state index contributed by atoms with van der Waals surface area (Å²) in [5.41, 5.74) is 1.72. The highest BCUT2D eigenvalue weighted by Gasteiger charge is 2.23. The maximum Gasteiger partial charge on any atom is 0.254 e. The average molecular weight is 289 g/mol. The number of halogens is 1. The highest BCUT2D eigenvalue weighted by molar-refractivity contribution is 6.08. The molecular formula is C15H16FN3O2. The van der Waals surface area contributed by atoms with Gasteiger partial charge in [-0.05, 0) is 38.0 Å². The fourth-order valence-corrected chi connectivity index (χ4v) is 2.35. The van der Waals surface area contributed by atoms with E-state index in [9.17, 15) is 14.0 Å². The Kier molecular flexibility index (Phi) is 3.37. The van der Waals surface area contributed by atoms with E-state index in [1.807, 2.05) is 0 Å². The van der Waals surface area contributed by atoms with Crippen molar-refractivity contribution < 1.29 is 14.0 Å². The number of nitrogens with one attached hydrogen (secondary N) is 3. The molecule has 1 fully saturated rings. The Labute approximate surface area is 120 Å². The molecule has 1 aliphatic carbocycles. The molecule has 2 amide bonds. The number of H-pyrrole nitrogens is 1. The van der Waals surface area contributed by atoms with Crippen LogP contribution in [-0.2, 0) is 4.79 Å². The predicted molar refractivity (Wildman–Crippen MR) is 76.5 cm³/mol. The number of aryl methyl sites for hydroxylation is 1. The van der Waals surface area contributed by atoms with Crippen molar-refractivity contribution in [1.29, 1.82) is 0 Å². The molecule has 1 saturated carbocycles. The molecule has 0 radical (unpaired) electrons. The lowest BCUT2D eigenvalue weighted by Gasteiger charge is -2.06. The van der Waals surface area contributed by atoms with Gasteiger partial charge in [0.15, 0.2) is 0 Å². The van der Waals surface area contributed by atoms with Crippen LogP contribution in [-0.4, -0.2) is 29.4 Å². The molecule has 1 aromatic carbocycles. The Bertz CT molecular complexity index is 719. The molecule has 0 aliphatic heterocycles. The zero-order valence-electron chi connectivity index (χ0n) is 11.6.